The third-order valence-electron chi connectivity index (χ3n) is 4.28. The van der Waals surface area contributed by atoms with E-state index in [2.05, 4.69) is 10.6 Å². The fraction of sp³-hybridized carbons (Fsp3) is 0.273. The number of methoxy groups -OCH3 is 1. The number of carbonyl (C=O) groups is 4. The van der Waals surface area contributed by atoms with Gasteiger partial charge in [-0.15, -0.1) is 0 Å². The molecule has 1 unspecified atom stereocenters. The lowest BCUT2D eigenvalue weighted by Gasteiger charge is -2.21. The summed E-state index contributed by atoms with van der Waals surface area (Å²) in [6.07, 6.45) is -1.51. The second kappa shape index (κ2) is 12.0. The molecule has 0 saturated heterocycles. The molecule has 9 nitrogen and oxygen atoms in total. The first-order chi connectivity index (χ1) is 14.9. The van der Waals surface area contributed by atoms with Gasteiger partial charge in [-0.1, -0.05) is 60.7 Å². The molecule has 0 aliphatic carbocycles. The van der Waals surface area contributed by atoms with Crippen molar-refractivity contribution in [3.8, 4) is 0 Å². The summed E-state index contributed by atoms with van der Waals surface area (Å²) in [5.74, 6) is -2.84. The highest BCUT2D eigenvalue weighted by Crippen LogP contribution is 2.06. The van der Waals surface area contributed by atoms with E-state index in [0.29, 0.717) is 0 Å². The van der Waals surface area contributed by atoms with Crippen molar-refractivity contribution in [2.45, 2.75) is 31.5 Å². The minimum absolute atomic E-state index is 0.0487. The maximum Gasteiger partial charge on any atom is 0.408 e. The normalized spacial score (nSPS) is 12.2. The first-order valence-corrected chi connectivity index (χ1v) is 9.50. The number of hydrogen-bond donors (Lipinski definition) is 3. The standard InChI is InChI=1S/C22H24N2O7/c1-30-21(28)18(12-15-8-4-2-5-9-15)23-20(27)17(13-19(25)26)24-22(29)31-14-16-10-6-3-7-11-16/h2-11,17-18H,12-14H2,1H3,(H,23,27)(H,24,29)(H,25,26)/t17-,18?/m0/s1. The van der Waals surface area contributed by atoms with Crippen LogP contribution in [0, 0.1) is 0 Å². The molecule has 9 heteroatoms. The van der Waals surface area contributed by atoms with Gasteiger partial charge in [-0.2, -0.15) is 0 Å². The maximum absolute atomic E-state index is 12.7. The van der Waals surface area contributed by atoms with Gasteiger partial charge in [-0.05, 0) is 11.1 Å². The van der Waals surface area contributed by atoms with Crippen LogP contribution in [0.3, 0.4) is 0 Å². The fourth-order valence-electron chi connectivity index (χ4n) is 2.75. The number of carboxylic acid groups (broad SMARTS) is 1. The average molecular weight is 428 g/mol. The van der Waals surface area contributed by atoms with E-state index in [1.165, 1.54) is 7.11 Å². The van der Waals surface area contributed by atoms with Gasteiger partial charge in [-0.25, -0.2) is 9.59 Å². The molecular formula is C22H24N2O7. The summed E-state index contributed by atoms with van der Waals surface area (Å²) in [6, 6.07) is 15.3. The van der Waals surface area contributed by atoms with Crippen molar-refractivity contribution in [2.75, 3.05) is 7.11 Å². The summed E-state index contributed by atoms with van der Waals surface area (Å²) in [4.78, 5) is 48.0. The van der Waals surface area contributed by atoms with E-state index in [1.54, 1.807) is 48.5 Å². The molecule has 31 heavy (non-hydrogen) atoms. The van der Waals surface area contributed by atoms with E-state index in [0.717, 1.165) is 11.1 Å². The lowest BCUT2D eigenvalue weighted by molar-refractivity contribution is -0.145. The highest BCUT2D eigenvalue weighted by Gasteiger charge is 2.29. The smallest absolute Gasteiger partial charge is 0.408 e. The van der Waals surface area contributed by atoms with Gasteiger partial charge in [-0.3, -0.25) is 9.59 Å². The van der Waals surface area contributed by atoms with Crippen molar-refractivity contribution in [1.29, 1.82) is 0 Å². The Balaban J connectivity index is 2.02. The van der Waals surface area contributed by atoms with Gasteiger partial charge in [0.1, 0.15) is 18.7 Å². The average Bonchev–Trinajstić information content (AvgIpc) is 2.77. The van der Waals surface area contributed by atoms with E-state index in [9.17, 15) is 19.2 Å². The van der Waals surface area contributed by atoms with Crippen LogP contribution in [0.4, 0.5) is 4.79 Å². The first-order valence-electron chi connectivity index (χ1n) is 9.50. The molecule has 2 aromatic rings. The number of ether oxygens (including phenoxy) is 2. The molecule has 0 heterocycles. The van der Waals surface area contributed by atoms with Crippen LogP contribution in [0.5, 0.6) is 0 Å². The Morgan fingerprint density at radius 3 is 2.00 bits per heavy atom. The summed E-state index contributed by atoms with van der Waals surface area (Å²) >= 11 is 0. The zero-order chi connectivity index (χ0) is 22.6. The summed E-state index contributed by atoms with van der Waals surface area (Å²) in [6.45, 7) is -0.0487. The van der Waals surface area contributed by atoms with E-state index in [1.807, 2.05) is 12.1 Å². The third-order valence-corrected chi connectivity index (χ3v) is 4.28. The number of carboxylic acids is 1. The van der Waals surface area contributed by atoms with E-state index >= 15 is 0 Å². The number of aliphatic carboxylic acids is 1. The molecule has 3 N–H and O–H groups in total. The molecule has 0 saturated carbocycles. The quantitative estimate of drug-likeness (QED) is 0.491. The van der Waals surface area contributed by atoms with Crippen LogP contribution in [0.15, 0.2) is 60.7 Å². The molecule has 2 atom stereocenters. The molecule has 2 aromatic carbocycles. The topological polar surface area (TPSA) is 131 Å². The molecule has 0 bridgehead atoms. The fourth-order valence-corrected chi connectivity index (χ4v) is 2.75. The summed E-state index contributed by atoms with van der Waals surface area (Å²) < 4.78 is 9.78. The van der Waals surface area contributed by atoms with Crippen LogP contribution in [0.25, 0.3) is 0 Å². The van der Waals surface area contributed by atoms with Crippen LogP contribution in [0.2, 0.25) is 0 Å². The number of rotatable bonds is 10. The summed E-state index contributed by atoms with van der Waals surface area (Å²) in [5, 5.41) is 13.8. The Hall–Kier alpha value is -3.88. The van der Waals surface area contributed by atoms with Crippen LogP contribution in [0.1, 0.15) is 17.5 Å². The van der Waals surface area contributed by atoms with Crippen molar-refractivity contribution in [3.63, 3.8) is 0 Å². The number of carbonyl (C=O) groups excluding carboxylic acids is 3. The second-order valence-electron chi connectivity index (χ2n) is 6.63. The van der Waals surface area contributed by atoms with Gasteiger partial charge < -0.3 is 25.2 Å². The number of alkyl carbamates (subject to hydrolysis) is 1. The predicted molar refractivity (Wildman–Crippen MR) is 110 cm³/mol. The lowest BCUT2D eigenvalue weighted by atomic mass is 10.1. The monoisotopic (exact) mass is 428 g/mol. The molecule has 2 rings (SSSR count). The van der Waals surface area contributed by atoms with Crippen LogP contribution in [-0.2, 0) is 36.9 Å². The molecule has 0 aliphatic rings. The van der Waals surface area contributed by atoms with Gasteiger partial charge >= 0.3 is 18.0 Å². The minimum Gasteiger partial charge on any atom is -0.481 e. The maximum atomic E-state index is 12.7. The Bertz CT molecular complexity index is 887. The molecule has 0 aliphatic heterocycles. The van der Waals surface area contributed by atoms with Crippen molar-refractivity contribution in [3.05, 3.63) is 71.8 Å². The summed E-state index contributed by atoms with van der Waals surface area (Å²) in [7, 11) is 1.18. The number of amides is 2. The Kier molecular flexibility index (Phi) is 9.03. The Morgan fingerprint density at radius 2 is 1.45 bits per heavy atom. The van der Waals surface area contributed by atoms with Crippen molar-refractivity contribution < 1.29 is 33.8 Å². The third kappa shape index (κ3) is 8.17. The van der Waals surface area contributed by atoms with Gasteiger partial charge in [0.25, 0.3) is 0 Å². The largest absolute Gasteiger partial charge is 0.481 e. The van der Waals surface area contributed by atoms with Gasteiger partial charge in [0.15, 0.2) is 0 Å². The highest BCUT2D eigenvalue weighted by atomic mass is 16.5. The lowest BCUT2D eigenvalue weighted by Crippen LogP contribution is -2.53. The van der Waals surface area contributed by atoms with Crippen LogP contribution in [-0.4, -0.2) is 48.2 Å². The van der Waals surface area contributed by atoms with Crippen molar-refractivity contribution >= 4 is 23.9 Å². The zero-order valence-electron chi connectivity index (χ0n) is 16.9. The van der Waals surface area contributed by atoms with E-state index in [4.69, 9.17) is 14.6 Å². The number of hydrogen-bond acceptors (Lipinski definition) is 6. The molecule has 0 radical (unpaired) electrons. The minimum atomic E-state index is -1.44. The van der Waals surface area contributed by atoms with Gasteiger partial charge in [0.05, 0.1) is 13.5 Å². The zero-order valence-corrected chi connectivity index (χ0v) is 16.9. The van der Waals surface area contributed by atoms with Crippen LogP contribution >= 0.6 is 0 Å². The van der Waals surface area contributed by atoms with Crippen molar-refractivity contribution in [2.24, 2.45) is 0 Å². The SMILES string of the molecule is COC(=O)C(Cc1ccccc1)NC(=O)[C@H](CC(=O)O)NC(=O)OCc1ccccc1. The van der Waals surface area contributed by atoms with Crippen LogP contribution < -0.4 is 10.6 Å². The molecular weight excluding hydrogens is 404 g/mol. The molecule has 2 amide bonds. The van der Waals surface area contributed by atoms with Crippen molar-refractivity contribution in [1.82, 2.24) is 10.6 Å². The van der Waals surface area contributed by atoms with Gasteiger partial charge in [0, 0.05) is 6.42 Å². The molecule has 0 aromatic heterocycles. The predicted octanol–water partition coefficient (Wildman–Crippen LogP) is 1.66. The van der Waals surface area contributed by atoms with Gasteiger partial charge in [0.2, 0.25) is 5.91 Å². The highest BCUT2D eigenvalue weighted by molar-refractivity contribution is 5.92. The Labute approximate surface area is 179 Å². The second-order valence-corrected chi connectivity index (χ2v) is 6.63. The molecule has 0 spiro atoms. The molecule has 0 fully saturated rings. The van der Waals surface area contributed by atoms with E-state index < -0.39 is 42.4 Å². The summed E-state index contributed by atoms with van der Waals surface area (Å²) in [5.41, 5.74) is 1.49. The number of nitrogens with one attached hydrogen (secondary N) is 2. The molecule has 164 valence electrons. The number of benzene rings is 2. The first kappa shape index (κ1) is 23.4. The number of esters is 1. The Morgan fingerprint density at radius 1 is 0.871 bits per heavy atom. The van der Waals surface area contributed by atoms with E-state index in [-0.39, 0.29) is 13.0 Å².